The van der Waals surface area contributed by atoms with Gasteiger partial charge >= 0.3 is 0 Å². The van der Waals surface area contributed by atoms with Crippen molar-refractivity contribution in [2.45, 2.75) is 4.90 Å². The van der Waals surface area contributed by atoms with Crippen molar-refractivity contribution < 1.29 is 12.8 Å². The molecule has 0 saturated heterocycles. The maximum Gasteiger partial charge on any atom is 0.243 e. The molecule has 0 aliphatic heterocycles. The second kappa shape index (κ2) is 5.74. The molecule has 0 aliphatic carbocycles. The normalized spacial score (nSPS) is 11.4. The molecule has 0 radical (unpaired) electrons. The van der Waals surface area contributed by atoms with Gasteiger partial charge in [0, 0.05) is 6.54 Å². The number of amidine groups is 1. The van der Waals surface area contributed by atoms with E-state index in [-0.39, 0.29) is 23.8 Å². The smallest absolute Gasteiger partial charge is 0.243 e. The molecule has 0 atom stereocenters. The SMILES string of the molecule is C=CCN(CC(=N)N)S(=O)(=O)c1ccc(F)cc1. The lowest BCUT2D eigenvalue weighted by molar-refractivity contribution is 0.480. The van der Waals surface area contributed by atoms with Crippen LogP contribution in [0.3, 0.4) is 0 Å². The summed E-state index contributed by atoms with van der Waals surface area (Å²) in [5.41, 5.74) is 5.21. The quantitative estimate of drug-likeness (QED) is 0.458. The highest BCUT2D eigenvalue weighted by Crippen LogP contribution is 2.15. The van der Waals surface area contributed by atoms with Gasteiger partial charge in [0.1, 0.15) is 11.7 Å². The average molecular weight is 271 g/mol. The van der Waals surface area contributed by atoms with Crippen molar-refractivity contribution in [1.29, 1.82) is 5.41 Å². The molecule has 0 saturated carbocycles. The van der Waals surface area contributed by atoms with Gasteiger partial charge in [-0.25, -0.2) is 12.8 Å². The summed E-state index contributed by atoms with van der Waals surface area (Å²) in [5, 5.41) is 7.16. The molecule has 7 heteroatoms. The van der Waals surface area contributed by atoms with Crippen molar-refractivity contribution in [2.75, 3.05) is 13.1 Å². The minimum absolute atomic E-state index is 0.0271. The van der Waals surface area contributed by atoms with Crippen molar-refractivity contribution in [2.24, 2.45) is 5.73 Å². The molecule has 0 spiro atoms. The lowest BCUT2D eigenvalue weighted by Gasteiger charge is -2.19. The van der Waals surface area contributed by atoms with Crippen molar-refractivity contribution in [3.05, 3.63) is 42.7 Å². The van der Waals surface area contributed by atoms with Crippen LogP contribution in [0.4, 0.5) is 4.39 Å². The average Bonchev–Trinajstić information content (AvgIpc) is 2.28. The van der Waals surface area contributed by atoms with Crippen LogP contribution in [-0.2, 0) is 10.0 Å². The fourth-order valence-corrected chi connectivity index (χ4v) is 2.73. The minimum Gasteiger partial charge on any atom is -0.387 e. The molecule has 3 N–H and O–H groups in total. The highest BCUT2D eigenvalue weighted by Gasteiger charge is 2.23. The van der Waals surface area contributed by atoms with Gasteiger partial charge in [-0.2, -0.15) is 4.31 Å². The molecule has 0 amide bonds. The number of hydrogen-bond acceptors (Lipinski definition) is 3. The molecule has 5 nitrogen and oxygen atoms in total. The Morgan fingerprint density at radius 1 is 1.44 bits per heavy atom. The molecule has 1 aromatic rings. The standard InChI is InChI=1S/C11H14FN3O2S/c1-2-7-15(8-11(13)14)18(16,17)10-5-3-9(12)4-6-10/h2-6H,1,7-8H2,(H3,13,14). The van der Waals surface area contributed by atoms with Gasteiger partial charge in [-0.1, -0.05) is 6.08 Å². The van der Waals surface area contributed by atoms with Crippen LogP contribution in [0.1, 0.15) is 0 Å². The molecule has 0 unspecified atom stereocenters. The second-order valence-electron chi connectivity index (χ2n) is 3.57. The summed E-state index contributed by atoms with van der Waals surface area (Å²) >= 11 is 0. The van der Waals surface area contributed by atoms with E-state index in [0.29, 0.717) is 0 Å². The number of nitrogens with one attached hydrogen (secondary N) is 1. The Kier molecular flexibility index (Phi) is 4.57. The summed E-state index contributed by atoms with van der Waals surface area (Å²) in [6, 6.07) is 4.46. The molecular formula is C11H14FN3O2S. The summed E-state index contributed by atoms with van der Waals surface area (Å²) < 4.78 is 38.1. The van der Waals surface area contributed by atoms with Crippen LogP contribution in [0.25, 0.3) is 0 Å². The zero-order valence-corrected chi connectivity index (χ0v) is 10.5. The summed E-state index contributed by atoms with van der Waals surface area (Å²) in [5.74, 6) is -0.793. The largest absolute Gasteiger partial charge is 0.387 e. The van der Waals surface area contributed by atoms with Gasteiger partial charge in [0.05, 0.1) is 11.4 Å². The van der Waals surface area contributed by atoms with Gasteiger partial charge in [-0.15, -0.1) is 6.58 Å². The predicted octanol–water partition coefficient (Wildman–Crippen LogP) is 0.938. The van der Waals surface area contributed by atoms with Gasteiger partial charge in [0.25, 0.3) is 0 Å². The molecule has 0 aromatic heterocycles. The Bertz CT molecular complexity index is 540. The molecule has 1 rings (SSSR count). The zero-order valence-electron chi connectivity index (χ0n) is 9.64. The third-order valence-corrected chi connectivity index (χ3v) is 3.96. The van der Waals surface area contributed by atoms with E-state index in [1.54, 1.807) is 0 Å². The van der Waals surface area contributed by atoms with E-state index in [1.807, 2.05) is 0 Å². The van der Waals surface area contributed by atoms with Crippen molar-refractivity contribution >= 4 is 15.9 Å². The maximum atomic E-state index is 12.8. The minimum atomic E-state index is -3.80. The van der Waals surface area contributed by atoms with Crippen LogP contribution in [0.2, 0.25) is 0 Å². The molecule has 98 valence electrons. The van der Waals surface area contributed by atoms with Gasteiger partial charge in [-0.05, 0) is 24.3 Å². The lowest BCUT2D eigenvalue weighted by atomic mass is 10.4. The number of hydrogen-bond donors (Lipinski definition) is 2. The number of nitrogens with zero attached hydrogens (tertiary/aromatic N) is 1. The van der Waals surface area contributed by atoms with Crippen molar-refractivity contribution in [3.8, 4) is 0 Å². The fourth-order valence-electron chi connectivity index (χ4n) is 1.34. The molecule has 18 heavy (non-hydrogen) atoms. The Labute approximate surface area is 105 Å². The van der Waals surface area contributed by atoms with E-state index in [4.69, 9.17) is 11.1 Å². The third kappa shape index (κ3) is 3.38. The number of halogens is 1. The fraction of sp³-hybridized carbons (Fsp3) is 0.182. The number of benzene rings is 1. The van der Waals surface area contributed by atoms with Crippen molar-refractivity contribution in [3.63, 3.8) is 0 Å². The number of rotatable bonds is 6. The van der Waals surface area contributed by atoms with Crippen LogP contribution in [0, 0.1) is 11.2 Å². The first-order valence-electron chi connectivity index (χ1n) is 5.07. The van der Waals surface area contributed by atoms with E-state index in [1.165, 1.54) is 18.2 Å². The summed E-state index contributed by atoms with van der Waals surface area (Å²) in [7, 11) is -3.80. The third-order valence-electron chi connectivity index (χ3n) is 2.13. The molecule has 0 heterocycles. The highest BCUT2D eigenvalue weighted by molar-refractivity contribution is 7.89. The van der Waals surface area contributed by atoms with Gasteiger partial charge < -0.3 is 5.73 Å². The Morgan fingerprint density at radius 3 is 2.44 bits per heavy atom. The van der Waals surface area contributed by atoms with E-state index in [9.17, 15) is 12.8 Å². The molecule has 1 aromatic carbocycles. The van der Waals surface area contributed by atoms with Gasteiger partial charge in [0.15, 0.2) is 0 Å². The van der Waals surface area contributed by atoms with Gasteiger partial charge in [-0.3, -0.25) is 5.41 Å². The van der Waals surface area contributed by atoms with E-state index < -0.39 is 15.8 Å². The molecule has 0 bridgehead atoms. The molecule has 0 aliphatic rings. The summed E-state index contributed by atoms with van der Waals surface area (Å²) in [4.78, 5) is -0.0491. The first-order valence-corrected chi connectivity index (χ1v) is 6.51. The highest BCUT2D eigenvalue weighted by atomic mass is 32.2. The van der Waals surface area contributed by atoms with Crippen molar-refractivity contribution in [1.82, 2.24) is 4.31 Å². The van der Waals surface area contributed by atoms with Crippen LogP contribution >= 0.6 is 0 Å². The van der Waals surface area contributed by atoms with E-state index in [0.717, 1.165) is 16.4 Å². The Hall–Kier alpha value is -1.73. The topological polar surface area (TPSA) is 87.2 Å². The van der Waals surface area contributed by atoms with E-state index in [2.05, 4.69) is 6.58 Å². The van der Waals surface area contributed by atoms with Gasteiger partial charge in [0.2, 0.25) is 10.0 Å². The first kappa shape index (κ1) is 14.3. The summed E-state index contributed by atoms with van der Waals surface area (Å²) in [6.45, 7) is 3.25. The maximum absolute atomic E-state index is 12.8. The number of nitrogens with two attached hydrogens (primary N) is 1. The Balaban J connectivity index is 3.11. The lowest BCUT2D eigenvalue weighted by Crippen LogP contribution is -2.38. The molecule has 0 fully saturated rings. The van der Waals surface area contributed by atoms with Crippen LogP contribution in [0.5, 0.6) is 0 Å². The predicted molar refractivity (Wildman–Crippen MR) is 67.3 cm³/mol. The first-order chi connectivity index (χ1) is 8.37. The summed E-state index contributed by atoms with van der Waals surface area (Å²) in [6.07, 6.45) is 1.39. The van der Waals surface area contributed by atoms with E-state index >= 15 is 0 Å². The van der Waals surface area contributed by atoms with Crippen LogP contribution in [-0.4, -0.2) is 31.6 Å². The van der Waals surface area contributed by atoms with Crippen LogP contribution in [0.15, 0.2) is 41.8 Å². The zero-order chi connectivity index (χ0) is 13.8. The Morgan fingerprint density at radius 2 is 2.00 bits per heavy atom. The number of sulfonamides is 1. The molecular weight excluding hydrogens is 257 g/mol. The van der Waals surface area contributed by atoms with Crippen LogP contribution < -0.4 is 5.73 Å². The monoisotopic (exact) mass is 271 g/mol. The second-order valence-corrected chi connectivity index (χ2v) is 5.50.